The Labute approximate surface area is 118 Å². The van der Waals surface area contributed by atoms with Crippen LogP contribution in [0.15, 0.2) is 54.6 Å². The number of hydrogen-bond acceptors (Lipinski definition) is 2. The van der Waals surface area contributed by atoms with Crippen LogP contribution in [-0.4, -0.2) is 17.6 Å². The van der Waals surface area contributed by atoms with Crippen LogP contribution in [0.5, 0.6) is 0 Å². The summed E-state index contributed by atoms with van der Waals surface area (Å²) in [6, 6.07) is 18.3. The number of carboxylic acids is 1. The number of carbonyl (C=O) groups is 1. The number of hydrogen-bond donors (Lipinski definition) is 2. The van der Waals surface area contributed by atoms with Crippen LogP contribution in [0.4, 0.5) is 5.69 Å². The molecule has 102 valence electrons. The summed E-state index contributed by atoms with van der Waals surface area (Å²) in [5, 5.41) is 12.4. The maximum atomic E-state index is 11.1. The van der Waals surface area contributed by atoms with Crippen molar-refractivity contribution < 1.29 is 9.90 Å². The minimum Gasteiger partial charge on any atom is -0.481 e. The van der Waals surface area contributed by atoms with Gasteiger partial charge in [-0.2, -0.15) is 0 Å². The van der Waals surface area contributed by atoms with E-state index in [2.05, 4.69) is 29.6 Å². The van der Waals surface area contributed by atoms with E-state index in [1.54, 1.807) is 0 Å². The Kier molecular flexibility index (Phi) is 3.18. The zero-order valence-corrected chi connectivity index (χ0v) is 11.2. The molecule has 2 N–H and O–H groups in total. The number of carboxylic acid groups (broad SMARTS) is 1. The van der Waals surface area contributed by atoms with Gasteiger partial charge in [-0.3, -0.25) is 4.79 Å². The molecule has 20 heavy (non-hydrogen) atoms. The predicted molar refractivity (Wildman–Crippen MR) is 79.7 cm³/mol. The van der Waals surface area contributed by atoms with Crippen molar-refractivity contribution in [3.8, 4) is 11.1 Å². The smallest absolute Gasteiger partial charge is 0.311 e. The van der Waals surface area contributed by atoms with E-state index in [4.69, 9.17) is 5.11 Å². The van der Waals surface area contributed by atoms with Gasteiger partial charge in [0.2, 0.25) is 0 Å². The van der Waals surface area contributed by atoms with E-state index in [-0.39, 0.29) is 0 Å². The highest BCUT2D eigenvalue weighted by atomic mass is 16.4. The average Bonchev–Trinajstić information content (AvgIpc) is 3.28. The van der Waals surface area contributed by atoms with Crippen molar-refractivity contribution in [2.24, 2.45) is 5.41 Å². The van der Waals surface area contributed by atoms with Crippen LogP contribution < -0.4 is 5.32 Å². The Morgan fingerprint density at radius 3 is 2.15 bits per heavy atom. The van der Waals surface area contributed by atoms with Crippen LogP contribution >= 0.6 is 0 Å². The van der Waals surface area contributed by atoms with Crippen LogP contribution in [0.2, 0.25) is 0 Å². The van der Waals surface area contributed by atoms with Gasteiger partial charge in [-0.1, -0.05) is 42.5 Å². The van der Waals surface area contributed by atoms with E-state index in [0.29, 0.717) is 6.54 Å². The first-order valence-corrected chi connectivity index (χ1v) is 6.82. The summed E-state index contributed by atoms with van der Waals surface area (Å²) in [4.78, 5) is 11.1. The summed E-state index contributed by atoms with van der Waals surface area (Å²) in [7, 11) is 0. The van der Waals surface area contributed by atoms with Gasteiger partial charge in [0.15, 0.2) is 0 Å². The monoisotopic (exact) mass is 267 g/mol. The van der Waals surface area contributed by atoms with Gasteiger partial charge < -0.3 is 10.4 Å². The first-order valence-electron chi connectivity index (χ1n) is 6.82. The third-order valence-corrected chi connectivity index (χ3v) is 3.93. The molecule has 1 fully saturated rings. The van der Waals surface area contributed by atoms with Crippen LogP contribution in [0, 0.1) is 5.41 Å². The number of aliphatic carboxylic acids is 1. The molecule has 3 rings (SSSR count). The molecule has 0 bridgehead atoms. The molecule has 2 aromatic carbocycles. The summed E-state index contributed by atoms with van der Waals surface area (Å²) < 4.78 is 0. The minimum atomic E-state index is -0.689. The Balaban J connectivity index is 1.67. The summed E-state index contributed by atoms with van der Waals surface area (Å²) in [6.07, 6.45) is 1.55. The Bertz CT molecular complexity index is 601. The standard InChI is InChI=1S/C17H17NO2/c19-16(20)17(10-11-17)12-18-15-8-6-14(7-9-15)13-4-2-1-3-5-13/h1-9,18H,10-12H2,(H,19,20). The molecule has 1 saturated carbocycles. The number of nitrogens with one attached hydrogen (secondary N) is 1. The maximum Gasteiger partial charge on any atom is 0.311 e. The van der Waals surface area contributed by atoms with Gasteiger partial charge in [-0.25, -0.2) is 0 Å². The fourth-order valence-corrected chi connectivity index (χ4v) is 2.30. The quantitative estimate of drug-likeness (QED) is 0.869. The molecule has 0 amide bonds. The molecule has 3 heteroatoms. The summed E-state index contributed by atoms with van der Waals surface area (Å²) in [5.74, 6) is -0.689. The van der Waals surface area contributed by atoms with Gasteiger partial charge in [0.05, 0.1) is 5.41 Å². The molecular weight excluding hydrogens is 250 g/mol. The molecule has 1 aliphatic rings. The molecule has 0 spiro atoms. The summed E-state index contributed by atoms with van der Waals surface area (Å²) in [5.41, 5.74) is 2.79. The van der Waals surface area contributed by atoms with Gasteiger partial charge in [-0.05, 0) is 36.1 Å². The zero-order valence-electron chi connectivity index (χ0n) is 11.2. The highest BCUT2D eigenvalue weighted by Gasteiger charge is 2.49. The minimum absolute atomic E-state index is 0.507. The van der Waals surface area contributed by atoms with Gasteiger partial charge in [0.25, 0.3) is 0 Å². The van der Waals surface area contributed by atoms with E-state index < -0.39 is 11.4 Å². The fraction of sp³-hybridized carbons (Fsp3) is 0.235. The third kappa shape index (κ3) is 2.52. The maximum absolute atomic E-state index is 11.1. The molecule has 0 heterocycles. The van der Waals surface area contributed by atoms with Gasteiger partial charge in [-0.15, -0.1) is 0 Å². The Morgan fingerprint density at radius 2 is 1.60 bits per heavy atom. The molecule has 0 aromatic heterocycles. The average molecular weight is 267 g/mol. The summed E-state index contributed by atoms with van der Waals surface area (Å²) in [6.45, 7) is 0.507. The number of benzene rings is 2. The lowest BCUT2D eigenvalue weighted by Crippen LogP contribution is -2.24. The van der Waals surface area contributed by atoms with E-state index >= 15 is 0 Å². The van der Waals surface area contributed by atoms with Gasteiger partial charge in [0.1, 0.15) is 0 Å². The van der Waals surface area contributed by atoms with Crippen LogP contribution in [-0.2, 0) is 4.79 Å². The highest BCUT2D eigenvalue weighted by Crippen LogP contribution is 2.45. The van der Waals surface area contributed by atoms with Crippen molar-refractivity contribution in [2.75, 3.05) is 11.9 Å². The Hall–Kier alpha value is -2.29. The number of anilines is 1. The summed E-state index contributed by atoms with van der Waals surface area (Å²) >= 11 is 0. The molecule has 0 saturated heterocycles. The van der Waals surface area contributed by atoms with Crippen molar-refractivity contribution in [2.45, 2.75) is 12.8 Å². The molecule has 1 aliphatic carbocycles. The van der Waals surface area contributed by atoms with Crippen LogP contribution in [0.25, 0.3) is 11.1 Å². The predicted octanol–water partition coefficient (Wildman–Crippen LogP) is 3.63. The molecule has 0 atom stereocenters. The lowest BCUT2D eigenvalue weighted by molar-refractivity contribution is -0.142. The second-order valence-corrected chi connectivity index (χ2v) is 5.38. The van der Waals surface area contributed by atoms with E-state index in [1.165, 1.54) is 5.56 Å². The third-order valence-electron chi connectivity index (χ3n) is 3.93. The van der Waals surface area contributed by atoms with Crippen LogP contribution in [0.3, 0.4) is 0 Å². The lowest BCUT2D eigenvalue weighted by atomic mass is 10.1. The first-order chi connectivity index (χ1) is 9.70. The fourth-order valence-electron chi connectivity index (χ4n) is 2.30. The second-order valence-electron chi connectivity index (χ2n) is 5.38. The normalized spacial score (nSPS) is 15.6. The van der Waals surface area contributed by atoms with E-state index in [1.807, 2.05) is 30.3 Å². The van der Waals surface area contributed by atoms with Gasteiger partial charge in [0, 0.05) is 12.2 Å². The molecule has 0 radical (unpaired) electrons. The second kappa shape index (κ2) is 5.00. The van der Waals surface area contributed by atoms with Crippen molar-refractivity contribution in [1.82, 2.24) is 0 Å². The number of rotatable bonds is 5. The first kappa shape index (κ1) is 12.7. The molecule has 0 aliphatic heterocycles. The molecule has 0 unspecified atom stereocenters. The topological polar surface area (TPSA) is 49.3 Å². The van der Waals surface area contributed by atoms with E-state index in [0.717, 1.165) is 24.1 Å². The van der Waals surface area contributed by atoms with Crippen molar-refractivity contribution in [1.29, 1.82) is 0 Å². The zero-order chi connectivity index (χ0) is 14.0. The van der Waals surface area contributed by atoms with Crippen LogP contribution in [0.1, 0.15) is 12.8 Å². The van der Waals surface area contributed by atoms with Gasteiger partial charge >= 0.3 is 5.97 Å². The molecule has 3 nitrogen and oxygen atoms in total. The highest BCUT2D eigenvalue weighted by molar-refractivity contribution is 5.78. The molecule has 2 aromatic rings. The van der Waals surface area contributed by atoms with Crippen molar-refractivity contribution in [3.05, 3.63) is 54.6 Å². The SMILES string of the molecule is O=C(O)C1(CNc2ccc(-c3ccccc3)cc2)CC1. The van der Waals surface area contributed by atoms with E-state index in [9.17, 15) is 4.79 Å². The Morgan fingerprint density at radius 1 is 1.00 bits per heavy atom. The molecular formula is C17H17NO2. The lowest BCUT2D eigenvalue weighted by Gasteiger charge is -2.12. The van der Waals surface area contributed by atoms with Crippen molar-refractivity contribution in [3.63, 3.8) is 0 Å². The largest absolute Gasteiger partial charge is 0.481 e. The van der Waals surface area contributed by atoms with Crippen molar-refractivity contribution >= 4 is 11.7 Å².